The van der Waals surface area contributed by atoms with Crippen LogP contribution in [0.3, 0.4) is 0 Å². The molecule has 1 fully saturated rings. The minimum absolute atomic E-state index is 0.0182. The lowest BCUT2D eigenvalue weighted by molar-refractivity contribution is 0.155. The van der Waals surface area contributed by atoms with Gasteiger partial charge in [-0.05, 0) is 53.7 Å². The number of rotatable bonds is 5. The molecule has 1 aliphatic carbocycles. The van der Waals surface area contributed by atoms with Crippen LogP contribution in [0.25, 0.3) is 0 Å². The van der Waals surface area contributed by atoms with Gasteiger partial charge in [-0.1, -0.05) is 0 Å². The molecule has 1 aromatic heterocycles. The van der Waals surface area contributed by atoms with Crippen molar-refractivity contribution in [3.63, 3.8) is 0 Å². The fraction of sp³-hybridized carbons (Fsp3) is 0.583. The van der Waals surface area contributed by atoms with Gasteiger partial charge in [0.15, 0.2) is 0 Å². The number of hydrogen-bond donors (Lipinski definition) is 3. The maximum absolute atomic E-state index is 11.8. The molecule has 2 rings (SSSR count). The minimum Gasteiger partial charge on any atom is -0.394 e. The molecule has 0 saturated heterocycles. The first-order valence-electron chi connectivity index (χ1n) is 5.94. The van der Waals surface area contributed by atoms with E-state index >= 15 is 0 Å². The zero-order valence-corrected chi connectivity index (χ0v) is 12.6. The number of aliphatic hydroxyl groups excluding tert-OH is 1. The van der Waals surface area contributed by atoms with E-state index in [0.717, 1.165) is 21.5 Å². The van der Waals surface area contributed by atoms with E-state index in [4.69, 9.17) is 0 Å². The molecule has 3 N–H and O–H groups in total. The first-order valence-corrected chi connectivity index (χ1v) is 7.55. The van der Waals surface area contributed by atoms with Crippen molar-refractivity contribution in [1.82, 2.24) is 10.6 Å². The second kappa shape index (κ2) is 5.59. The number of aliphatic hydroxyl groups is 1. The molecule has 1 saturated carbocycles. The van der Waals surface area contributed by atoms with Crippen LogP contribution in [-0.2, 0) is 6.54 Å². The summed E-state index contributed by atoms with van der Waals surface area (Å²) in [4.78, 5) is 12.9. The third-order valence-electron chi connectivity index (χ3n) is 3.26. The number of thiophene rings is 1. The molecule has 4 nitrogen and oxygen atoms in total. The molecule has 2 amide bonds. The van der Waals surface area contributed by atoms with Gasteiger partial charge in [0, 0.05) is 4.88 Å². The Kier molecular flexibility index (Phi) is 4.29. The molecular weight excluding hydrogens is 316 g/mol. The van der Waals surface area contributed by atoms with Gasteiger partial charge in [-0.15, -0.1) is 11.3 Å². The van der Waals surface area contributed by atoms with Gasteiger partial charge in [-0.2, -0.15) is 0 Å². The standard InChI is InChI=1S/C12H17BrN2O2S/c1-12(7-16,8-2-3-8)15-11(17)14-6-9-4-5-10(13)18-9/h4-5,8,16H,2-3,6-7H2,1H3,(H2,14,15,17). The predicted molar refractivity (Wildman–Crippen MR) is 75.6 cm³/mol. The number of hydrogen-bond acceptors (Lipinski definition) is 3. The van der Waals surface area contributed by atoms with Crippen LogP contribution >= 0.6 is 27.3 Å². The zero-order chi connectivity index (χ0) is 13.2. The second-order valence-electron chi connectivity index (χ2n) is 4.86. The molecule has 1 unspecified atom stereocenters. The van der Waals surface area contributed by atoms with Crippen LogP contribution in [0.15, 0.2) is 15.9 Å². The lowest BCUT2D eigenvalue weighted by atomic mass is 9.97. The SMILES string of the molecule is CC(CO)(NC(=O)NCc1ccc(Br)s1)C1CC1. The van der Waals surface area contributed by atoms with Gasteiger partial charge in [-0.3, -0.25) is 0 Å². The van der Waals surface area contributed by atoms with Crippen LogP contribution in [0.2, 0.25) is 0 Å². The van der Waals surface area contributed by atoms with E-state index in [1.54, 1.807) is 11.3 Å². The third kappa shape index (κ3) is 3.46. The van der Waals surface area contributed by atoms with E-state index in [9.17, 15) is 9.90 Å². The highest BCUT2D eigenvalue weighted by Crippen LogP contribution is 2.39. The van der Waals surface area contributed by atoms with Crippen molar-refractivity contribution in [3.8, 4) is 0 Å². The molecule has 100 valence electrons. The summed E-state index contributed by atoms with van der Waals surface area (Å²) in [5.74, 6) is 0.407. The van der Waals surface area contributed by atoms with E-state index in [1.807, 2.05) is 19.1 Å². The molecule has 1 atom stereocenters. The number of urea groups is 1. The second-order valence-corrected chi connectivity index (χ2v) is 7.41. The highest BCUT2D eigenvalue weighted by molar-refractivity contribution is 9.11. The average molecular weight is 333 g/mol. The summed E-state index contributed by atoms with van der Waals surface area (Å²) in [7, 11) is 0. The van der Waals surface area contributed by atoms with Gasteiger partial charge in [0.2, 0.25) is 0 Å². The Hall–Kier alpha value is -0.590. The van der Waals surface area contributed by atoms with Gasteiger partial charge < -0.3 is 15.7 Å². The Morgan fingerprint density at radius 2 is 2.33 bits per heavy atom. The Balaban J connectivity index is 1.81. The molecule has 18 heavy (non-hydrogen) atoms. The Morgan fingerprint density at radius 1 is 1.61 bits per heavy atom. The van der Waals surface area contributed by atoms with Crippen LogP contribution < -0.4 is 10.6 Å². The summed E-state index contributed by atoms with van der Waals surface area (Å²) < 4.78 is 1.05. The summed E-state index contributed by atoms with van der Waals surface area (Å²) >= 11 is 4.98. The summed E-state index contributed by atoms with van der Waals surface area (Å²) in [6, 6.07) is 3.71. The third-order valence-corrected chi connectivity index (χ3v) is 4.88. The minimum atomic E-state index is -0.486. The van der Waals surface area contributed by atoms with Crippen molar-refractivity contribution in [2.24, 2.45) is 5.92 Å². The monoisotopic (exact) mass is 332 g/mol. The van der Waals surface area contributed by atoms with Gasteiger partial charge in [0.1, 0.15) is 0 Å². The fourth-order valence-electron chi connectivity index (χ4n) is 1.91. The van der Waals surface area contributed by atoms with Crippen LogP contribution in [0.1, 0.15) is 24.6 Å². The van der Waals surface area contributed by atoms with Crippen LogP contribution in [0, 0.1) is 5.92 Å². The summed E-state index contributed by atoms with van der Waals surface area (Å²) in [5, 5.41) is 15.1. The Morgan fingerprint density at radius 3 is 2.83 bits per heavy atom. The van der Waals surface area contributed by atoms with Gasteiger partial charge in [0.25, 0.3) is 0 Å². The van der Waals surface area contributed by atoms with E-state index in [0.29, 0.717) is 12.5 Å². The number of amides is 2. The van der Waals surface area contributed by atoms with Crippen molar-refractivity contribution in [1.29, 1.82) is 0 Å². The molecule has 1 heterocycles. The largest absolute Gasteiger partial charge is 0.394 e. The summed E-state index contributed by atoms with van der Waals surface area (Å²) in [6.07, 6.45) is 2.16. The molecule has 0 aliphatic heterocycles. The molecule has 0 spiro atoms. The number of nitrogens with one attached hydrogen (secondary N) is 2. The van der Waals surface area contributed by atoms with Crippen LogP contribution in [0.5, 0.6) is 0 Å². The van der Waals surface area contributed by atoms with Crippen molar-refractivity contribution >= 4 is 33.3 Å². The lowest BCUT2D eigenvalue weighted by Crippen LogP contribution is -2.53. The molecule has 1 aromatic rings. The first kappa shape index (κ1) is 13.8. The highest BCUT2D eigenvalue weighted by Gasteiger charge is 2.42. The quantitative estimate of drug-likeness (QED) is 0.775. The fourth-order valence-corrected chi connectivity index (χ4v) is 3.33. The van der Waals surface area contributed by atoms with Crippen LogP contribution in [0.4, 0.5) is 4.79 Å². The average Bonchev–Trinajstić information content (AvgIpc) is 3.11. The van der Waals surface area contributed by atoms with Crippen LogP contribution in [-0.4, -0.2) is 23.3 Å². The van der Waals surface area contributed by atoms with Gasteiger partial charge in [-0.25, -0.2) is 4.79 Å². The Labute approximate surface area is 119 Å². The van der Waals surface area contributed by atoms with E-state index in [-0.39, 0.29) is 12.6 Å². The molecule has 1 aliphatic rings. The van der Waals surface area contributed by atoms with Crippen molar-refractivity contribution in [2.45, 2.75) is 31.8 Å². The zero-order valence-electron chi connectivity index (χ0n) is 10.2. The maximum Gasteiger partial charge on any atom is 0.315 e. The van der Waals surface area contributed by atoms with Crippen molar-refractivity contribution in [3.05, 3.63) is 20.8 Å². The van der Waals surface area contributed by atoms with E-state index in [1.165, 1.54) is 0 Å². The normalized spacial score (nSPS) is 18.2. The molecule has 0 radical (unpaired) electrons. The lowest BCUT2D eigenvalue weighted by Gasteiger charge is -2.28. The smallest absolute Gasteiger partial charge is 0.315 e. The van der Waals surface area contributed by atoms with Crippen molar-refractivity contribution < 1.29 is 9.90 Å². The van der Waals surface area contributed by atoms with Gasteiger partial charge in [0.05, 0.1) is 22.5 Å². The maximum atomic E-state index is 11.8. The Bertz CT molecular complexity index is 433. The molecule has 0 aromatic carbocycles. The van der Waals surface area contributed by atoms with Gasteiger partial charge >= 0.3 is 6.03 Å². The first-order chi connectivity index (χ1) is 8.53. The molecule has 0 bridgehead atoms. The predicted octanol–water partition coefficient (Wildman–Crippen LogP) is 2.47. The van der Waals surface area contributed by atoms with Crippen molar-refractivity contribution in [2.75, 3.05) is 6.61 Å². The molecule has 6 heteroatoms. The van der Waals surface area contributed by atoms with E-state index < -0.39 is 5.54 Å². The van der Waals surface area contributed by atoms with E-state index in [2.05, 4.69) is 26.6 Å². The topological polar surface area (TPSA) is 61.4 Å². The number of carbonyl (C=O) groups is 1. The number of carbonyl (C=O) groups excluding carboxylic acids is 1. The summed E-state index contributed by atoms with van der Waals surface area (Å²) in [5.41, 5.74) is -0.486. The number of halogens is 1. The summed E-state index contributed by atoms with van der Waals surface area (Å²) in [6.45, 7) is 2.38. The highest BCUT2D eigenvalue weighted by atomic mass is 79.9. The molecular formula is C12H17BrN2O2S.